The number of aromatic carboxylic acids is 1. The lowest BCUT2D eigenvalue weighted by atomic mass is 10.2. The number of halogens is 2. The first-order valence-electron chi connectivity index (χ1n) is 4.95. The number of rotatable bonds is 4. The molecule has 1 heterocycles. The molecular formula is C12H8BrClO4. The second-order valence-corrected chi connectivity index (χ2v) is 4.73. The molecule has 0 bridgehead atoms. The quantitative estimate of drug-likeness (QED) is 0.921. The third-order valence-electron chi connectivity index (χ3n) is 2.22. The van der Waals surface area contributed by atoms with Crippen LogP contribution in [0.2, 0.25) is 5.02 Å². The van der Waals surface area contributed by atoms with Gasteiger partial charge in [-0.3, -0.25) is 0 Å². The Bertz CT molecular complexity index is 579. The lowest BCUT2D eigenvalue weighted by molar-refractivity contribution is 0.0658. The van der Waals surface area contributed by atoms with E-state index in [1.807, 2.05) is 0 Å². The fourth-order valence-electron chi connectivity index (χ4n) is 1.38. The summed E-state index contributed by atoms with van der Waals surface area (Å²) in [6.07, 6.45) is 1.32. The summed E-state index contributed by atoms with van der Waals surface area (Å²) < 4.78 is 11.1. The molecule has 0 fully saturated rings. The minimum Gasteiger partial charge on any atom is -0.488 e. The normalized spacial score (nSPS) is 10.3. The van der Waals surface area contributed by atoms with Crippen molar-refractivity contribution in [2.45, 2.75) is 6.61 Å². The third-order valence-corrected chi connectivity index (χ3v) is 3.07. The van der Waals surface area contributed by atoms with Crippen LogP contribution in [-0.2, 0) is 6.61 Å². The Labute approximate surface area is 116 Å². The largest absolute Gasteiger partial charge is 0.488 e. The molecule has 1 aromatic carbocycles. The number of hydrogen-bond acceptors (Lipinski definition) is 3. The molecule has 1 N–H and O–H groups in total. The topological polar surface area (TPSA) is 59.7 Å². The van der Waals surface area contributed by atoms with Gasteiger partial charge in [0.05, 0.1) is 10.7 Å². The first-order valence-corrected chi connectivity index (χ1v) is 6.12. The number of carboxylic acids is 1. The number of ether oxygens (including phenoxy) is 1. The van der Waals surface area contributed by atoms with Crippen LogP contribution >= 0.6 is 27.5 Å². The third kappa shape index (κ3) is 2.86. The molecule has 2 rings (SSSR count). The van der Waals surface area contributed by atoms with Gasteiger partial charge in [0.25, 0.3) is 0 Å². The molecule has 94 valence electrons. The molecule has 0 saturated carbocycles. The van der Waals surface area contributed by atoms with Gasteiger partial charge >= 0.3 is 5.97 Å². The zero-order valence-electron chi connectivity index (χ0n) is 9.02. The van der Waals surface area contributed by atoms with Crippen LogP contribution in [0.25, 0.3) is 0 Å². The zero-order valence-corrected chi connectivity index (χ0v) is 11.4. The molecule has 0 aliphatic heterocycles. The van der Waals surface area contributed by atoms with Crippen molar-refractivity contribution in [1.82, 2.24) is 0 Å². The van der Waals surface area contributed by atoms with Gasteiger partial charge in [0.2, 0.25) is 5.76 Å². The van der Waals surface area contributed by atoms with Gasteiger partial charge in [-0.1, -0.05) is 11.6 Å². The van der Waals surface area contributed by atoms with E-state index in [4.69, 9.17) is 25.9 Å². The second kappa shape index (κ2) is 5.46. The molecule has 6 heteroatoms. The highest BCUT2D eigenvalue weighted by molar-refractivity contribution is 9.10. The van der Waals surface area contributed by atoms with Crippen molar-refractivity contribution in [1.29, 1.82) is 0 Å². The predicted octanol–water partition coefficient (Wildman–Crippen LogP) is 3.97. The van der Waals surface area contributed by atoms with Gasteiger partial charge in [-0.15, -0.1) is 0 Å². The minimum absolute atomic E-state index is 0.109. The fourth-order valence-corrected chi connectivity index (χ4v) is 2.18. The van der Waals surface area contributed by atoms with Gasteiger partial charge < -0.3 is 14.3 Å². The molecule has 0 aliphatic carbocycles. The van der Waals surface area contributed by atoms with Crippen molar-refractivity contribution in [3.63, 3.8) is 0 Å². The minimum atomic E-state index is -1.12. The van der Waals surface area contributed by atoms with Crippen LogP contribution in [-0.4, -0.2) is 11.1 Å². The Hall–Kier alpha value is -1.46. The van der Waals surface area contributed by atoms with E-state index in [2.05, 4.69) is 15.9 Å². The summed E-state index contributed by atoms with van der Waals surface area (Å²) in [6.45, 7) is 0.109. The van der Waals surface area contributed by atoms with E-state index >= 15 is 0 Å². The first kappa shape index (κ1) is 13.0. The lowest BCUT2D eigenvalue weighted by Crippen LogP contribution is -2.02. The molecule has 1 aromatic heterocycles. The predicted molar refractivity (Wildman–Crippen MR) is 69.2 cm³/mol. The van der Waals surface area contributed by atoms with Gasteiger partial charge in [0.1, 0.15) is 12.4 Å². The highest BCUT2D eigenvalue weighted by Gasteiger charge is 2.14. The van der Waals surface area contributed by atoms with Crippen LogP contribution < -0.4 is 4.74 Å². The zero-order chi connectivity index (χ0) is 13.1. The van der Waals surface area contributed by atoms with E-state index in [0.29, 0.717) is 20.8 Å². The number of carboxylic acid groups (broad SMARTS) is 1. The maximum absolute atomic E-state index is 10.8. The van der Waals surface area contributed by atoms with Crippen LogP contribution in [0.15, 0.2) is 39.4 Å². The summed E-state index contributed by atoms with van der Waals surface area (Å²) in [5.41, 5.74) is 0.476. The van der Waals surface area contributed by atoms with Crippen molar-refractivity contribution in [3.05, 3.63) is 51.3 Å². The van der Waals surface area contributed by atoms with Crippen molar-refractivity contribution in [2.75, 3.05) is 0 Å². The number of benzene rings is 1. The molecule has 0 unspecified atom stereocenters. The smallest absolute Gasteiger partial charge is 0.372 e. The van der Waals surface area contributed by atoms with Gasteiger partial charge in [-0.05, 0) is 40.2 Å². The summed E-state index contributed by atoms with van der Waals surface area (Å²) in [5.74, 6) is -0.647. The Morgan fingerprint density at radius 2 is 2.22 bits per heavy atom. The van der Waals surface area contributed by atoms with E-state index in [1.165, 1.54) is 6.26 Å². The summed E-state index contributed by atoms with van der Waals surface area (Å²) in [7, 11) is 0. The summed E-state index contributed by atoms with van der Waals surface area (Å²) in [5, 5.41) is 9.45. The number of furan rings is 1. The molecule has 0 atom stereocenters. The molecule has 2 aromatic rings. The molecule has 18 heavy (non-hydrogen) atoms. The molecule has 0 aliphatic rings. The van der Waals surface area contributed by atoms with E-state index in [-0.39, 0.29) is 12.4 Å². The van der Waals surface area contributed by atoms with Crippen LogP contribution in [0, 0.1) is 0 Å². The molecule has 0 amide bonds. The Balaban J connectivity index is 2.11. The summed E-state index contributed by atoms with van der Waals surface area (Å²) in [4.78, 5) is 10.8. The van der Waals surface area contributed by atoms with E-state index < -0.39 is 5.97 Å². The van der Waals surface area contributed by atoms with Crippen LogP contribution in [0.4, 0.5) is 0 Å². The van der Waals surface area contributed by atoms with Crippen LogP contribution in [0.1, 0.15) is 16.1 Å². The van der Waals surface area contributed by atoms with Crippen LogP contribution in [0.5, 0.6) is 5.75 Å². The van der Waals surface area contributed by atoms with Gasteiger partial charge in [0, 0.05) is 10.6 Å². The number of carbonyl (C=O) groups is 1. The van der Waals surface area contributed by atoms with Crippen molar-refractivity contribution in [3.8, 4) is 5.75 Å². The standard InChI is InChI=1S/C12H8BrClO4/c13-9-5-8(14)1-2-10(9)18-6-7-3-4-17-11(7)12(15)16/h1-5H,6H2,(H,15,16). The Kier molecular flexibility index (Phi) is 3.93. The molecule has 0 radical (unpaired) electrons. The Morgan fingerprint density at radius 3 is 2.89 bits per heavy atom. The van der Waals surface area contributed by atoms with Crippen molar-refractivity contribution in [2.24, 2.45) is 0 Å². The average molecular weight is 332 g/mol. The number of hydrogen-bond donors (Lipinski definition) is 1. The van der Waals surface area contributed by atoms with E-state index in [0.717, 1.165) is 0 Å². The van der Waals surface area contributed by atoms with Crippen molar-refractivity contribution >= 4 is 33.5 Å². The van der Waals surface area contributed by atoms with E-state index in [1.54, 1.807) is 24.3 Å². The maximum atomic E-state index is 10.8. The highest BCUT2D eigenvalue weighted by atomic mass is 79.9. The van der Waals surface area contributed by atoms with Gasteiger partial charge in [-0.25, -0.2) is 4.79 Å². The highest BCUT2D eigenvalue weighted by Crippen LogP contribution is 2.28. The molecule has 4 nitrogen and oxygen atoms in total. The van der Waals surface area contributed by atoms with Crippen molar-refractivity contribution < 1.29 is 19.1 Å². The van der Waals surface area contributed by atoms with E-state index in [9.17, 15) is 4.79 Å². The lowest BCUT2D eigenvalue weighted by Gasteiger charge is -2.07. The van der Waals surface area contributed by atoms with Gasteiger partial charge in [-0.2, -0.15) is 0 Å². The fraction of sp³-hybridized carbons (Fsp3) is 0.0833. The summed E-state index contributed by atoms with van der Waals surface area (Å²) >= 11 is 9.11. The average Bonchev–Trinajstić information content (AvgIpc) is 2.76. The first-order chi connectivity index (χ1) is 8.58. The maximum Gasteiger partial charge on any atom is 0.372 e. The molecule has 0 saturated heterocycles. The molecular weight excluding hydrogens is 323 g/mol. The van der Waals surface area contributed by atoms with Gasteiger partial charge in [0.15, 0.2) is 0 Å². The Morgan fingerprint density at radius 1 is 1.44 bits per heavy atom. The molecule has 0 spiro atoms. The monoisotopic (exact) mass is 330 g/mol. The van der Waals surface area contributed by atoms with Crippen LogP contribution in [0.3, 0.4) is 0 Å². The SMILES string of the molecule is O=C(O)c1occc1COc1ccc(Cl)cc1Br. The summed E-state index contributed by atoms with van der Waals surface area (Å²) in [6, 6.07) is 6.65. The second-order valence-electron chi connectivity index (χ2n) is 3.44.